The summed E-state index contributed by atoms with van der Waals surface area (Å²) in [6, 6.07) is 15.9. The van der Waals surface area contributed by atoms with Crippen molar-refractivity contribution in [2.75, 3.05) is 25.7 Å². The van der Waals surface area contributed by atoms with Crippen molar-refractivity contribution < 1.29 is 19.7 Å². The zero-order chi connectivity index (χ0) is 19.0. The third-order valence-corrected chi connectivity index (χ3v) is 4.62. The summed E-state index contributed by atoms with van der Waals surface area (Å²) in [5, 5.41) is 18.2. The average molecular weight is 379 g/mol. The van der Waals surface area contributed by atoms with Gasteiger partial charge in [-0.3, -0.25) is 0 Å². The number of hydrogen-bond acceptors (Lipinski definition) is 4. The van der Waals surface area contributed by atoms with E-state index in [1.807, 2.05) is 36.4 Å². The van der Waals surface area contributed by atoms with Crippen LogP contribution in [0.15, 0.2) is 48.5 Å². The number of ether oxygens (including phenoxy) is 2. The lowest BCUT2D eigenvalue weighted by atomic mass is 9.78. The molecule has 4 nitrogen and oxygen atoms in total. The summed E-state index contributed by atoms with van der Waals surface area (Å²) in [7, 11) is 0. The molecular weight excluding hydrogens is 352 g/mol. The maximum absolute atomic E-state index is 9.35. The Labute approximate surface area is 160 Å². The van der Waals surface area contributed by atoms with Crippen LogP contribution >= 0.6 is 11.6 Å². The SMILES string of the molecule is CC(C)(c1ccc(OCCCCl)cc1)c1ccc(OCC(O)CO)cc1. The lowest BCUT2D eigenvalue weighted by Crippen LogP contribution is -2.21. The first-order valence-corrected chi connectivity index (χ1v) is 9.32. The Bertz CT molecular complexity index is 653. The first-order valence-electron chi connectivity index (χ1n) is 8.79. The number of rotatable bonds is 10. The highest BCUT2D eigenvalue weighted by Gasteiger charge is 2.23. The molecule has 0 amide bonds. The van der Waals surface area contributed by atoms with Gasteiger partial charge in [0.25, 0.3) is 0 Å². The second kappa shape index (κ2) is 9.81. The fourth-order valence-corrected chi connectivity index (χ4v) is 2.70. The highest BCUT2D eigenvalue weighted by Crippen LogP contribution is 2.33. The van der Waals surface area contributed by atoms with Gasteiger partial charge in [-0.1, -0.05) is 38.1 Å². The van der Waals surface area contributed by atoms with Crippen molar-refractivity contribution in [1.82, 2.24) is 0 Å². The Hall–Kier alpha value is -1.75. The Morgan fingerprint density at radius 1 is 0.923 bits per heavy atom. The highest BCUT2D eigenvalue weighted by molar-refractivity contribution is 6.17. The number of alkyl halides is 1. The molecule has 0 saturated carbocycles. The largest absolute Gasteiger partial charge is 0.494 e. The Balaban J connectivity index is 2.04. The third-order valence-electron chi connectivity index (χ3n) is 4.35. The van der Waals surface area contributed by atoms with E-state index >= 15 is 0 Å². The van der Waals surface area contributed by atoms with Crippen LogP contribution in [0.1, 0.15) is 31.4 Å². The van der Waals surface area contributed by atoms with E-state index in [4.69, 9.17) is 26.2 Å². The van der Waals surface area contributed by atoms with E-state index in [-0.39, 0.29) is 18.6 Å². The van der Waals surface area contributed by atoms with Crippen LogP contribution in [0.4, 0.5) is 0 Å². The Morgan fingerprint density at radius 2 is 1.42 bits per heavy atom. The van der Waals surface area contributed by atoms with Crippen molar-refractivity contribution in [3.05, 3.63) is 59.7 Å². The van der Waals surface area contributed by atoms with Crippen LogP contribution < -0.4 is 9.47 Å². The topological polar surface area (TPSA) is 58.9 Å². The van der Waals surface area contributed by atoms with Gasteiger partial charge in [0.15, 0.2) is 0 Å². The van der Waals surface area contributed by atoms with E-state index in [0.717, 1.165) is 17.7 Å². The van der Waals surface area contributed by atoms with Gasteiger partial charge in [-0.2, -0.15) is 0 Å². The first kappa shape index (κ1) is 20.6. The molecule has 0 heterocycles. The van der Waals surface area contributed by atoms with Crippen molar-refractivity contribution in [2.45, 2.75) is 31.8 Å². The fourth-order valence-electron chi connectivity index (χ4n) is 2.59. The standard InChI is InChI=1S/C21H27ClO4/c1-21(2,16-4-8-19(9-5-16)25-13-3-12-22)17-6-10-20(11-7-17)26-15-18(24)14-23/h4-11,18,23-24H,3,12-15H2,1-2H3. The van der Waals surface area contributed by atoms with Gasteiger partial charge in [-0.15, -0.1) is 11.6 Å². The summed E-state index contributed by atoms with van der Waals surface area (Å²) >= 11 is 5.66. The molecule has 0 spiro atoms. The van der Waals surface area contributed by atoms with Crippen molar-refractivity contribution in [3.8, 4) is 11.5 Å². The van der Waals surface area contributed by atoms with Gasteiger partial charge in [0.05, 0.1) is 13.2 Å². The number of benzene rings is 2. The van der Waals surface area contributed by atoms with Crippen LogP contribution in [0.2, 0.25) is 0 Å². The van der Waals surface area contributed by atoms with Crippen LogP contribution in [0.3, 0.4) is 0 Å². The molecule has 0 aliphatic heterocycles. The highest BCUT2D eigenvalue weighted by atomic mass is 35.5. The number of aliphatic hydroxyl groups is 2. The average Bonchev–Trinajstić information content (AvgIpc) is 2.67. The van der Waals surface area contributed by atoms with Gasteiger partial charge < -0.3 is 19.7 Å². The number of hydrogen-bond donors (Lipinski definition) is 2. The molecule has 0 bridgehead atoms. The van der Waals surface area contributed by atoms with Gasteiger partial charge in [0.2, 0.25) is 0 Å². The normalized spacial score (nSPS) is 12.7. The molecule has 1 unspecified atom stereocenters. The molecule has 142 valence electrons. The molecule has 26 heavy (non-hydrogen) atoms. The lowest BCUT2D eigenvalue weighted by Gasteiger charge is -2.26. The van der Waals surface area contributed by atoms with Gasteiger partial charge in [0, 0.05) is 11.3 Å². The molecule has 0 saturated heterocycles. The summed E-state index contributed by atoms with van der Waals surface area (Å²) < 4.78 is 11.1. The zero-order valence-electron chi connectivity index (χ0n) is 15.3. The monoisotopic (exact) mass is 378 g/mol. The maximum Gasteiger partial charge on any atom is 0.119 e. The van der Waals surface area contributed by atoms with Crippen molar-refractivity contribution in [3.63, 3.8) is 0 Å². The fraction of sp³-hybridized carbons (Fsp3) is 0.429. The first-order chi connectivity index (χ1) is 12.5. The summed E-state index contributed by atoms with van der Waals surface area (Å²) in [6.45, 7) is 4.73. The van der Waals surface area contributed by atoms with Crippen molar-refractivity contribution >= 4 is 11.6 Å². The Kier molecular flexibility index (Phi) is 7.76. The van der Waals surface area contributed by atoms with Crippen LogP contribution in [0, 0.1) is 0 Å². The molecule has 0 aromatic heterocycles. The summed E-state index contributed by atoms with van der Waals surface area (Å²) in [6.07, 6.45) is -0.0327. The van der Waals surface area contributed by atoms with Crippen molar-refractivity contribution in [1.29, 1.82) is 0 Å². The van der Waals surface area contributed by atoms with Crippen LogP contribution in [-0.2, 0) is 5.41 Å². The molecule has 2 aromatic rings. The van der Waals surface area contributed by atoms with E-state index in [1.54, 1.807) is 0 Å². The van der Waals surface area contributed by atoms with Crippen molar-refractivity contribution in [2.24, 2.45) is 0 Å². The third kappa shape index (κ3) is 5.63. The second-order valence-electron chi connectivity index (χ2n) is 6.71. The molecule has 0 fully saturated rings. The molecule has 2 aromatic carbocycles. The van der Waals surface area contributed by atoms with Gasteiger partial charge in [-0.25, -0.2) is 0 Å². The minimum absolute atomic E-state index is 0.0738. The van der Waals surface area contributed by atoms with Gasteiger partial charge in [-0.05, 0) is 41.8 Å². The molecule has 2 N–H and O–H groups in total. The second-order valence-corrected chi connectivity index (χ2v) is 7.09. The summed E-state index contributed by atoms with van der Waals surface area (Å²) in [5.74, 6) is 2.12. The maximum atomic E-state index is 9.35. The minimum Gasteiger partial charge on any atom is -0.494 e. The minimum atomic E-state index is -0.865. The van der Waals surface area contributed by atoms with Gasteiger partial charge in [0.1, 0.15) is 24.2 Å². The molecule has 1 atom stereocenters. The lowest BCUT2D eigenvalue weighted by molar-refractivity contribution is 0.0536. The van der Waals surface area contributed by atoms with Gasteiger partial charge >= 0.3 is 0 Å². The van der Waals surface area contributed by atoms with Crippen LogP contribution in [0.5, 0.6) is 11.5 Å². The quantitative estimate of drug-likeness (QED) is 0.488. The van der Waals surface area contributed by atoms with E-state index in [0.29, 0.717) is 18.2 Å². The van der Waals surface area contributed by atoms with Crippen LogP contribution in [0.25, 0.3) is 0 Å². The molecule has 5 heteroatoms. The van der Waals surface area contributed by atoms with E-state index in [2.05, 4.69) is 26.0 Å². The molecule has 2 rings (SSSR count). The zero-order valence-corrected chi connectivity index (χ0v) is 16.1. The van der Waals surface area contributed by atoms with E-state index < -0.39 is 6.10 Å². The predicted octanol–water partition coefficient (Wildman–Crippen LogP) is 3.75. The van der Waals surface area contributed by atoms with E-state index in [1.165, 1.54) is 5.56 Å². The molecule has 0 aliphatic carbocycles. The van der Waals surface area contributed by atoms with Crippen LogP contribution in [-0.4, -0.2) is 42.0 Å². The molecule has 0 aliphatic rings. The molecular formula is C21H27ClO4. The number of halogens is 1. The Morgan fingerprint density at radius 3 is 1.88 bits per heavy atom. The summed E-state index contributed by atoms with van der Waals surface area (Å²) in [5.41, 5.74) is 2.17. The molecule has 0 radical (unpaired) electrons. The summed E-state index contributed by atoms with van der Waals surface area (Å²) in [4.78, 5) is 0. The number of aliphatic hydroxyl groups excluding tert-OH is 2. The predicted molar refractivity (Wildman–Crippen MR) is 104 cm³/mol. The smallest absolute Gasteiger partial charge is 0.119 e. The van der Waals surface area contributed by atoms with E-state index in [9.17, 15) is 5.11 Å².